The number of amides is 1. The molecule has 102 valence electrons. The minimum absolute atomic E-state index is 0.396. The molecule has 19 heavy (non-hydrogen) atoms. The van der Waals surface area contributed by atoms with Gasteiger partial charge in [-0.1, -0.05) is 6.07 Å². The number of carbonyl (C=O) groups is 1. The Bertz CT molecular complexity index is 599. The number of fused-ring (bicyclic) bond motifs is 1. The number of aromatic nitrogens is 1. The van der Waals surface area contributed by atoms with Crippen LogP contribution in [-0.2, 0) is 11.3 Å². The number of thiazole rings is 1. The zero-order valence-corrected chi connectivity index (χ0v) is 12.4. The van der Waals surface area contributed by atoms with Crippen LogP contribution in [-0.4, -0.2) is 16.7 Å². The normalized spacial score (nSPS) is 11.6. The molecule has 0 spiro atoms. The highest BCUT2D eigenvalue weighted by atomic mass is 32.1. The molecular formula is C14H18N2O2S. The van der Waals surface area contributed by atoms with Gasteiger partial charge in [0.1, 0.15) is 10.6 Å². The van der Waals surface area contributed by atoms with Gasteiger partial charge < -0.3 is 10.1 Å². The highest BCUT2D eigenvalue weighted by Crippen LogP contribution is 2.22. The smallest absolute Gasteiger partial charge is 0.408 e. The average molecular weight is 278 g/mol. The molecule has 1 amide bonds. The summed E-state index contributed by atoms with van der Waals surface area (Å²) in [5, 5.41) is 3.60. The topological polar surface area (TPSA) is 51.2 Å². The lowest BCUT2D eigenvalue weighted by Gasteiger charge is -2.19. The van der Waals surface area contributed by atoms with E-state index in [9.17, 15) is 4.79 Å². The fourth-order valence-electron chi connectivity index (χ4n) is 1.62. The summed E-state index contributed by atoms with van der Waals surface area (Å²) >= 11 is 1.58. The number of benzene rings is 1. The third-order valence-corrected chi connectivity index (χ3v) is 3.41. The van der Waals surface area contributed by atoms with Crippen LogP contribution in [0, 0.1) is 6.92 Å². The molecule has 4 nitrogen and oxygen atoms in total. The molecular weight excluding hydrogens is 260 g/mol. The van der Waals surface area contributed by atoms with E-state index in [1.807, 2.05) is 33.8 Å². The van der Waals surface area contributed by atoms with Gasteiger partial charge in [-0.2, -0.15) is 0 Å². The first-order chi connectivity index (χ1) is 8.83. The van der Waals surface area contributed by atoms with Crippen LogP contribution in [0.3, 0.4) is 0 Å². The summed E-state index contributed by atoms with van der Waals surface area (Å²) in [6.45, 7) is 7.96. The molecule has 0 saturated heterocycles. The molecule has 0 aliphatic carbocycles. The summed E-state index contributed by atoms with van der Waals surface area (Å²) in [4.78, 5) is 16.0. The Labute approximate surface area is 116 Å². The molecule has 0 radical (unpaired) electrons. The van der Waals surface area contributed by atoms with Gasteiger partial charge in [0.25, 0.3) is 0 Å². The van der Waals surface area contributed by atoms with E-state index in [1.54, 1.807) is 11.3 Å². The van der Waals surface area contributed by atoms with E-state index in [0.29, 0.717) is 6.54 Å². The Morgan fingerprint density at radius 2 is 2.16 bits per heavy atom. The zero-order valence-electron chi connectivity index (χ0n) is 11.6. The van der Waals surface area contributed by atoms with Crippen molar-refractivity contribution in [3.05, 3.63) is 28.8 Å². The number of ether oxygens (including phenoxy) is 1. The van der Waals surface area contributed by atoms with Crippen molar-refractivity contribution in [2.24, 2.45) is 0 Å². The van der Waals surface area contributed by atoms with E-state index in [1.165, 1.54) is 5.56 Å². The maximum absolute atomic E-state index is 11.5. The quantitative estimate of drug-likeness (QED) is 0.912. The van der Waals surface area contributed by atoms with E-state index >= 15 is 0 Å². The summed E-state index contributed by atoms with van der Waals surface area (Å²) in [5.74, 6) is 0. The summed E-state index contributed by atoms with van der Waals surface area (Å²) in [6, 6.07) is 6.16. The van der Waals surface area contributed by atoms with E-state index in [-0.39, 0.29) is 0 Å². The van der Waals surface area contributed by atoms with Gasteiger partial charge in [0.15, 0.2) is 0 Å². The standard InChI is InChI=1S/C14H18N2O2S/c1-9-5-6-11-10(7-9)16-12(19-11)8-15-13(17)18-14(2,3)4/h5-7H,8H2,1-4H3,(H,15,17). The number of aryl methyl sites for hydroxylation is 1. The number of carbonyl (C=O) groups excluding carboxylic acids is 1. The van der Waals surface area contributed by atoms with Crippen LogP contribution >= 0.6 is 11.3 Å². The third-order valence-electron chi connectivity index (χ3n) is 2.37. The third kappa shape index (κ3) is 3.92. The van der Waals surface area contributed by atoms with Crippen LogP contribution in [0.2, 0.25) is 0 Å². The molecule has 2 aromatic rings. The van der Waals surface area contributed by atoms with Crippen molar-refractivity contribution in [3.63, 3.8) is 0 Å². The van der Waals surface area contributed by atoms with Gasteiger partial charge in [-0.3, -0.25) is 0 Å². The van der Waals surface area contributed by atoms with E-state index in [0.717, 1.165) is 15.2 Å². The van der Waals surface area contributed by atoms with E-state index in [2.05, 4.69) is 22.4 Å². The molecule has 1 heterocycles. The zero-order chi connectivity index (χ0) is 14.0. The molecule has 0 aliphatic heterocycles. The van der Waals surface area contributed by atoms with Crippen molar-refractivity contribution < 1.29 is 9.53 Å². The lowest BCUT2D eigenvalue weighted by molar-refractivity contribution is 0.0523. The first-order valence-corrected chi connectivity index (χ1v) is 6.98. The van der Waals surface area contributed by atoms with Crippen molar-refractivity contribution in [1.82, 2.24) is 10.3 Å². The highest BCUT2D eigenvalue weighted by molar-refractivity contribution is 7.18. The molecule has 0 atom stereocenters. The summed E-state index contributed by atoms with van der Waals surface area (Å²) in [7, 11) is 0. The Hall–Kier alpha value is -1.62. The van der Waals surface area contributed by atoms with Crippen LogP contribution in [0.25, 0.3) is 10.2 Å². The summed E-state index contributed by atoms with van der Waals surface area (Å²) in [5.41, 5.74) is 1.69. The molecule has 2 rings (SSSR count). The van der Waals surface area contributed by atoms with Crippen LogP contribution in [0.15, 0.2) is 18.2 Å². The van der Waals surface area contributed by atoms with Gasteiger partial charge in [0.05, 0.1) is 16.8 Å². The van der Waals surface area contributed by atoms with Crippen molar-refractivity contribution in [2.75, 3.05) is 0 Å². The number of alkyl carbamates (subject to hydrolysis) is 1. The largest absolute Gasteiger partial charge is 0.444 e. The molecule has 0 saturated carbocycles. The molecule has 0 unspecified atom stereocenters. The van der Waals surface area contributed by atoms with Gasteiger partial charge in [-0.05, 0) is 45.4 Å². The van der Waals surface area contributed by atoms with Gasteiger partial charge >= 0.3 is 6.09 Å². The molecule has 0 aliphatic rings. The second-order valence-corrected chi connectivity index (χ2v) is 6.55. The van der Waals surface area contributed by atoms with Crippen molar-refractivity contribution in [3.8, 4) is 0 Å². The van der Waals surface area contributed by atoms with Gasteiger partial charge in [0.2, 0.25) is 0 Å². The highest BCUT2D eigenvalue weighted by Gasteiger charge is 2.16. The Morgan fingerprint density at radius 3 is 2.84 bits per heavy atom. The Balaban J connectivity index is 2.00. The lowest BCUT2D eigenvalue weighted by Crippen LogP contribution is -2.32. The van der Waals surface area contributed by atoms with Crippen LogP contribution < -0.4 is 5.32 Å². The van der Waals surface area contributed by atoms with Gasteiger partial charge in [0, 0.05) is 0 Å². The SMILES string of the molecule is Cc1ccc2sc(CNC(=O)OC(C)(C)C)nc2c1. The Kier molecular flexibility index (Phi) is 3.75. The second kappa shape index (κ2) is 5.17. The second-order valence-electron chi connectivity index (χ2n) is 5.43. The monoisotopic (exact) mass is 278 g/mol. The molecule has 1 aromatic carbocycles. The van der Waals surface area contributed by atoms with E-state index < -0.39 is 11.7 Å². The first-order valence-electron chi connectivity index (χ1n) is 6.16. The predicted molar refractivity (Wildman–Crippen MR) is 77.4 cm³/mol. The molecule has 5 heteroatoms. The molecule has 0 fully saturated rings. The van der Waals surface area contributed by atoms with E-state index in [4.69, 9.17) is 4.74 Å². The van der Waals surface area contributed by atoms with Crippen molar-refractivity contribution in [1.29, 1.82) is 0 Å². The average Bonchev–Trinajstić information content (AvgIpc) is 2.66. The number of nitrogens with one attached hydrogen (secondary N) is 1. The summed E-state index contributed by atoms with van der Waals surface area (Å²) in [6.07, 6.45) is -0.414. The van der Waals surface area contributed by atoms with Crippen molar-refractivity contribution >= 4 is 27.6 Å². The number of hydrogen-bond acceptors (Lipinski definition) is 4. The minimum Gasteiger partial charge on any atom is -0.444 e. The number of hydrogen-bond donors (Lipinski definition) is 1. The van der Waals surface area contributed by atoms with Crippen LogP contribution in [0.1, 0.15) is 31.3 Å². The molecule has 0 bridgehead atoms. The lowest BCUT2D eigenvalue weighted by atomic mass is 10.2. The predicted octanol–water partition coefficient (Wildman–Crippen LogP) is 3.63. The van der Waals surface area contributed by atoms with Gasteiger partial charge in [-0.25, -0.2) is 9.78 Å². The number of nitrogens with zero attached hydrogens (tertiary/aromatic N) is 1. The fraction of sp³-hybridized carbons (Fsp3) is 0.429. The van der Waals surface area contributed by atoms with Gasteiger partial charge in [-0.15, -0.1) is 11.3 Å². The maximum atomic E-state index is 11.5. The Morgan fingerprint density at radius 1 is 1.42 bits per heavy atom. The maximum Gasteiger partial charge on any atom is 0.408 e. The fourth-order valence-corrected chi connectivity index (χ4v) is 2.51. The summed E-state index contributed by atoms with van der Waals surface area (Å²) < 4.78 is 6.31. The van der Waals surface area contributed by atoms with Crippen LogP contribution in [0.4, 0.5) is 4.79 Å². The minimum atomic E-state index is -0.477. The van der Waals surface area contributed by atoms with Crippen LogP contribution in [0.5, 0.6) is 0 Å². The molecule has 1 aromatic heterocycles. The molecule has 1 N–H and O–H groups in total. The van der Waals surface area contributed by atoms with Crippen molar-refractivity contribution in [2.45, 2.75) is 39.8 Å². The number of rotatable bonds is 2. The first kappa shape index (κ1) is 13.8.